The van der Waals surface area contributed by atoms with Gasteiger partial charge in [-0.25, -0.2) is 0 Å². The van der Waals surface area contributed by atoms with Gasteiger partial charge in [0.05, 0.1) is 6.61 Å². The van der Waals surface area contributed by atoms with E-state index in [2.05, 4.69) is 26.1 Å². The van der Waals surface area contributed by atoms with Gasteiger partial charge in [0.25, 0.3) is 0 Å². The Kier molecular flexibility index (Phi) is 7.53. The molecule has 1 aromatic carbocycles. The Morgan fingerprint density at radius 3 is 2.37 bits per heavy atom. The molecule has 0 fully saturated rings. The van der Waals surface area contributed by atoms with Crippen LogP contribution in [-0.2, 0) is 4.74 Å². The number of ether oxygens (including phenoxy) is 2. The second kappa shape index (κ2) is 8.94. The fourth-order valence-corrected chi connectivity index (χ4v) is 1.63. The third kappa shape index (κ3) is 9.51. The SMILES string of the molecule is CC(C)(C)NCCCCOCCOc1ccccc1. The summed E-state index contributed by atoms with van der Waals surface area (Å²) in [6.07, 6.45) is 2.24. The van der Waals surface area contributed by atoms with Gasteiger partial charge in [-0.05, 0) is 52.3 Å². The van der Waals surface area contributed by atoms with Gasteiger partial charge in [-0.15, -0.1) is 0 Å². The first-order valence-electron chi connectivity index (χ1n) is 7.08. The molecule has 1 N–H and O–H groups in total. The first kappa shape index (κ1) is 16.0. The molecular weight excluding hydrogens is 238 g/mol. The highest BCUT2D eigenvalue weighted by Gasteiger charge is 2.06. The molecule has 0 aliphatic rings. The molecule has 0 aliphatic heterocycles. The molecule has 0 heterocycles. The van der Waals surface area contributed by atoms with Gasteiger partial charge in [0, 0.05) is 12.1 Å². The molecule has 0 saturated heterocycles. The van der Waals surface area contributed by atoms with Gasteiger partial charge < -0.3 is 14.8 Å². The molecule has 0 unspecified atom stereocenters. The Hall–Kier alpha value is -1.06. The van der Waals surface area contributed by atoms with Crippen LogP contribution in [0, 0.1) is 0 Å². The molecule has 0 aliphatic carbocycles. The van der Waals surface area contributed by atoms with Crippen molar-refractivity contribution in [1.29, 1.82) is 0 Å². The van der Waals surface area contributed by atoms with Crippen LogP contribution >= 0.6 is 0 Å². The van der Waals surface area contributed by atoms with E-state index >= 15 is 0 Å². The van der Waals surface area contributed by atoms with E-state index in [-0.39, 0.29) is 5.54 Å². The first-order valence-corrected chi connectivity index (χ1v) is 7.08. The van der Waals surface area contributed by atoms with Crippen molar-refractivity contribution in [2.24, 2.45) is 0 Å². The third-order valence-corrected chi connectivity index (χ3v) is 2.61. The molecule has 0 spiro atoms. The molecule has 1 rings (SSSR count). The van der Waals surface area contributed by atoms with Crippen LogP contribution in [-0.4, -0.2) is 31.9 Å². The summed E-state index contributed by atoms with van der Waals surface area (Å²) in [5, 5.41) is 3.47. The standard InChI is InChI=1S/C16H27NO2/c1-16(2,3)17-11-7-8-12-18-13-14-19-15-9-5-4-6-10-15/h4-6,9-10,17H,7-8,11-14H2,1-3H3. The maximum absolute atomic E-state index is 5.54. The molecule has 0 bridgehead atoms. The minimum absolute atomic E-state index is 0.213. The molecule has 0 atom stereocenters. The highest BCUT2D eigenvalue weighted by molar-refractivity contribution is 5.20. The van der Waals surface area contributed by atoms with E-state index in [1.165, 1.54) is 0 Å². The summed E-state index contributed by atoms with van der Waals surface area (Å²) in [6, 6.07) is 9.84. The van der Waals surface area contributed by atoms with E-state index in [0.29, 0.717) is 13.2 Å². The van der Waals surface area contributed by atoms with Crippen LogP contribution in [0.5, 0.6) is 5.75 Å². The van der Waals surface area contributed by atoms with Crippen LogP contribution in [0.15, 0.2) is 30.3 Å². The highest BCUT2D eigenvalue weighted by Crippen LogP contribution is 2.07. The predicted octanol–water partition coefficient (Wildman–Crippen LogP) is 3.25. The van der Waals surface area contributed by atoms with E-state index in [0.717, 1.165) is 31.7 Å². The smallest absolute Gasteiger partial charge is 0.119 e. The van der Waals surface area contributed by atoms with Crippen LogP contribution < -0.4 is 10.1 Å². The zero-order chi connectivity index (χ0) is 14.0. The van der Waals surface area contributed by atoms with Crippen LogP contribution in [0.2, 0.25) is 0 Å². The van der Waals surface area contributed by atoms with Crippen LogP contribution in [0.1, 0.15) is 33.6 Å². The number of hydrogen-bond donors (Lipinski definition) is 1. The summed E-state index contributed by atoms with van der Waals surface area (Å²) in [4.78, 5) is 0. The van der Waals surface area contributed by atoms with Crippen molar-refractivity contribution in [1.82, 2.24) is 5.32 Å². The average molecular weight is 265 g/mol. The number of unbranched alkanes of at least 4 members (excludes halogenated alkanes) is 1. The highest BCUT2D eigenvalue weighted by atomic mass is 16.5. The molecule has 0 saturated carbocycles. The fourth-order valence-electron chi connectivity index (χ4n) is 1.63. The summed E-state index contributed by atoms with van der Waals surface area (Å²) < 4.78 is 11.1. The zero-order valence-corrected chi connectivity index (χ0v) is 12.4. The summed E-state index contributed by atoms with van der Waals surface area (Å²) in [7, 11) is 0. The Bertz CT molecular complexity index is 319. The summed E-state index contributed by atoms with van der Waals surface area (Å²) in [6.45, 7) is 9.68. The van der Waals surface area contributed by atoms with Crippen molar-refractivity contribution in [2.75, 3.05) is 26.4 Å². The van der Waals surface area contributed by atoms with E-state index in [9.17, 15) is 0 Å². The lowest BCUT2D eigenvalue weighted by molar-refractivity contribution is 0.0972. The Morgan fingerprint density at radius 2 is 1.68 bits per heavy atom. The van der Waals surface area contributed by atoms with Gasteiger partial charge in [0.15, 0.2) is 0 Å². The maximum Gasteiger partial charge on any atom is 0.119 e. The van der Waals surface area contributed by atoms with E-state index in [4.69, 9.17) is 9.47 Å². The maximum atomic E-state index is 5.54. The first-order chi connectivity index (χ1) is 9.08. The second-order valence-electron chi connectivity index (χ2n) is 5.66. The normalized spacial score (nSPS) is 11.5. The number of nitrogens with one attached hydrogen (secondary N) is 1. The van der Waals surface area contributed by atoms with Gasteiger partial charge in [0.1, 0.15) is 12.4 Å². The largest absolute Gasteiger partial charge is 0.491 e. The van der Waals surface area contributed by atoms with Crippen molar-refractivity contribution in [3.05, 3.63) is 30.3 Å². The van der Waals surface area contributed by atoms with Gasteiger partial charge in [-0.3, -0.25) is 0 Å². The lowest BCUT2D eigenvalue weighted by Crippen LogP contribution is -2.36. The van der Waals surface area contributed by atoms with E-state index in [1.54, 1.807) is 0 Å². The molecule has 3 heteroatoms. The van der Waals surface area contributed by atoms with E-state index < -0.39 is 0 Å². The van der Waals surface area contributed by atoms with Gasteiger partial charge in [-0.1, -0.05) is 18.2 Å². The van der Waals surface area contributed by atoms with E-state index in [1.807, 2.05) is 30.3 Å². The van der Waals surface area contributed by atoms with Crippen molar-refractivity contribution in [3.8, 4) is 5.75 Å². The third-order valence-electron chi connectivity index (χ3n) is 2.61. The molecule has 1 aromatic rings. The number of para-hydroxylation sites is 1. The number of hydrogen-bond acceptors (Lipinski definition) is 3. The second-order valence-corrected chi connectivity index (χ2v) is 5.66. The Balaban J connectivity index is 1.87. The minimum atomic E-state index is 0.213. The topological polar surface area (TPSA) is 30.5 Å². The number of benzene rings is 1. The zero-order valence-electron chi connectivity index (χ0n) is 12.4. The van der Waals surface area contributed by atoms with Gasteiger partial charge in [0.2, 0.25) is 0 Å². The molecule has 3 nitrogen and oxygen atoms in total. The van der Waals surface area contributed by atoms with Crippen LogP contribution in [0.4, 0.5) is 0 Å². The lowest BCUT2D eigenvalue weighted by atomic mass is 10.1. The monoisotopic (exact) mass is 265 g/mol. The Morgan fingerprint density at radius 1 is 0.947 bits per heavy atom. The molecule has 19 heavy (non-hydrogen) atoms. The fraction of sp³-hybridized carbons (Fsp3) is 0.625. The lowest BCUT2D eigenvalue weighted by Gasteiger charge is -2.20. The van der Waals surface area contributed by atoms with Crippen molar-refractivity contribution < 1.29 is 9.47 Å². The molecule has 0 aromatic heterocycles. The molecule has 0 radical (unpaired) electrons. The van der Waals surface area contributed by atoms with Gasteiger partial charge >= 0.3 is 0 Å². The van der Waals surface area contributed by atoms with Crippen molar-refractivity contribution in [2.45, 2.75) is 39.2 Å². The summed E-state index contributed by atoms with van der Waals surface area (Å²) in [5.74, 6) is 0.903. The average Bonchev–Trinajstić information content (AvgIpc) is 2.37. The molecule has 0 amide bonds. The van der Waals surface area contributed by atoms with Crippen molar-refractivity contribution >= 4 is 0 Å². The summed E-state index contributed by atoms with van der Waals surface area (Å²) >= 11 is 0. The molecular formula is C16H27NO2. The summed E-state index contributed by atoms with van der Waals surface area (Å²) in [5.41, 5.74) is 0.213. The minimum Gasteiger partial charge on any atom is -0.491 e. The quantitative estimate of drug-likeness (QED) is 0.695. The van der Waals surface area contributed by atoms with Crippen LogP contribution in [0.3, 0.4) is 0 Å². The Labute approximate surface area is 117 Å². The van der Waals surface area contributed by atoms with Crippen molar-refractivity contribution in [3.63, 3.8) is 0 Å². The van der Waals surface area contributed by atoms with Gasteiger partial charge in [-0.2, -0.15) is 0 Å². The predicted molar refractivity (Wildman–Crippen MR) is 79.7 cm³/mol. The van der Waals surface area contributed by atoms with Crippen LogP contribution in [0.25, 0.3) is 0 Å². The number of rotatable bonds is 9. The molecule has 108 valence electrons.